The van der Waals surface area contributed by atoms with Crippen LogP contribution in [0, 0.1) is 52.3 Å². The second-order valence-corrected chi connectivity index (χ2v) is 26.8. The molecule has 0 aromatic rings. The monoisotopic (exact) mass is 1100 g/mol. The number of nitrogens with one attached hydrogen (secondary N) is 1. The van der Waals surface area contributed by atoms with Crippen molar-refractivity contribution >= 4 is 17.7 Å². The molecule has 0 aromatic carbocycles. The lowest BCUT2D eigenvalue weighted by Crippen LogP contribution is -2.60. The number of amides is 1. The summed E-state index contributed by atoms with van der Waals surface area (Å²) >= 11 is 0. The van der Waals surface area contributed by atoms with E-state index in [1.807, 2.05) is 52.8 Å². The molecule has 7 rings (SSSR count). The van der Waals surface area contributed by atoms with Crippen molar-refractivity contribution in [3.8, 4) is 0 Å². The highest BCUT2D eigenvalue weighted by molar-refractivity contribution is 6.01. The predicted octanol–water partition coefficient (Wildman–Crippen LogP) is 4.67. The third kappa shape index (κ3) is 12.4. The minimum absolute atomic E-state index is 0.000631. The van der Waals surface area contributed by atoms with Crippen LogP contribution in [0.2, 0.25) is 0 Å². The maximum atomic E-state index is 14.7. The number of likely N-dealkylation sites (N-methyl/N-ethyl adjacent to an activating group) is 1. The normalized spacial score (nSPS) is 48.9. The first-order valence-corrected chi connectivity index (χ1v) is 29.5. The summed E-state index contributed by atoms with van der Waals surface area (Å²) in [4.78, 5) is 45.4. The van der Waals surface area contributed by atoms with Gasteiger partial charge in [-0.05, 0) is 156 Å². The fraction of sp³-hybridized carbons (Fsp3) is 0.883. The molecule has 3 saturated carbocycles. The number of carbonyl (C=O) groups excluding carboxylic acids is 3. The Morgan fingerprint density at radius 3 is 2.26 bits per heavy atom. The number of allylic oxidation sites excluding steroid dienone is 4. The van der Waals surface area contributed by atoms with Gasteiger partial charge in [-0.15, -0.1) is 0 Å². The Kier molecular flexibility index (Phi) is 19.8. The van der Waals surface area contributed by atoms with E-state index >= 15 is 0 Å². The second-order valence-electron chi connectivity index (χ2n) is 26.8. The molecule has 446 valence electrons. The molecule has 78 heavy (non-hydrogen) atoms. The van der Waals surface area contributed by atoms with Crippen molar-refractivity contribution in [2.24, 2.45) is 52.3 Å². The number of hydrogen-bond acceptors (Lipinski definition) is 17. The summed E-state index contributed by atoms with van der Waals surface area (Å²) in [6, 6.07) is -1.04. The third-order valence-electron chi connectivity index (χ3n) is 20.8. The zero-order chi connectivity index (χ0) is 57.8. The van der Waals surface area contributed by atoms with Gasteiger partial charge >= 0.3 is 5.97 Å². The summed E-state index contributed by atoms with van der Waals surface area (Å²) in [5.41, 5.74) is -4.38. The maximum Gasteiger partial charge on any atom is 0.311 e. The molecule has 0 spiro atoms. The lowest BCUT2D eigenvalue weighted by atomic mass is 9.47. The predicted molar refractivity (Wildman–Crippen MR) is 292 cm³/mol. The van der Waals surface area contributed by atoms with Crippen LogP contribution in [0.1, 0.15) is 147 Å². The van der Waals surface area contributed by atoms with Crippen LogP contribution < -0.4 is 5.32 Å². The standard InChI is InChI=1S/C60H101N3O15/c1-16-45-60(12,72)50(67)36(6)63(25-17-24-61-53(69)42-21-20-41-40-19-18-38-27-39(64)22-23-56(38,8)47(40)44(65)29-57(41,42)9)31-32(2)28-58(10,71)52(78-55-48(66)43(62(13)14)26-33(3)74-55)34(4)49(35(5)54(70)76-45)77-46-30-59(11,73-15)51(68)37(7)75-46/h22-23,27,32-37,40-52,55,65-68,71-72H,16-21,24-26,28-31H2,1-15H3,(H,61,69)/t32-,33-,34+,35-,36-,37+,40+,41+,42-,43+,44+,45-,46+,47-,48-,49+,50-,51+,52-,55+,56+,57+,58-,59-,60-/m1/s1. The number of ether oxygens (including phenoxy) is 6. The molecule has 7 aliphatic rings. The number of rotatable bonds is 12. The van der Waals surface area contributed by atoms with Crippen LogP contribution in [0.4, 0.5) is 0 Å². The topological polar surface area (TPSA) is 246 Å². The number of carbonyl (C=O) groups is 3. The van der Waals surface area contributed by atoms with Gasteiger partial charge in [-0.2, -0.15) is 0 Å². The number of fused-ring (bicyclic) bond motifs is 5. The summed E-state index contributed by atoms with van der Waals surface area (Å²) in [7, 11) is 5.26. The number of nitrogens with zero attached hydrogens (tertiary/aromatic N) is 2. The van der Waals surface area contributed by atoms with Gasteiger partial charge in [-0.3, -0.25) is 19.3 Å². The number of aliphatic hydroxyl groups is 6. The van der Waals surface area contributed by atoms with Crippen LogP contribution in [-0.4, -0.2) is 195 Å². The Bertz CT molecular complexity index is 2160. The van der Waals surface area contributed by atoms with E-state index in [1.165, 1.54) is 14.0 Å². The van der Waals surface area contributed by atoms with Crippen molar-refractivity contribution < 1.29 is 73.4 Å². The first kappa shape index (κ1) is 63.2. The molecule has 3 saturated heterocycles. The van der Waals surface area contributed by atoms with Gasteiger partial charge < -0.3 is 69.3 Å². The van der Waals surface area contributed by atoms with Gasteiger partial charge in [0.05, 0.1) is 47.6 Å². The van der Waals surface area contributed by atoms with E-state index in [2.05, 4.69) is 24.1 Å². The minimum atomic E-state index is -1.94. The number of esters is 1. The number of cyclic esters (lactones) is 1. The van der Waals surface area contributed by atoms with E-state index in [-0.39, 0.29) is 78.1 Å². The third-order valence-corrected chi connectivity index (χ3v) is 20.8. The summed E-state index contributed by atoms with van der Waals surface area (Å²) in [5, 5.41) is 75.9. The van der Waals surface area contributed by atoms with Crippen LogP contribution in [-0.2, 0) is 42.8 Å². The first-order valence-electron chi connectivity index (χ1n) is 29.5. The summed E-state index contributed by atoms with van der Waals surface area (Å²) in [6.07, 6.45) is -0.118. The Balaban J connectivity index is 1.13. The molecule has 3 aliphatic heterocycles. The van der Waals surface area contributed by atoms with Crippen molar-refractivity contribution in [3.05, 3.63) is 23.8 Å². The van der Waals surface area contributed by atoms with Gasteiger partial charge in [0.2, 0.25) is 5.91 Å². The molecule has 0 bridgehead atoms. The van der Waals surface area contributed by atoms with E-state index in [4.69, 9.17) is 28.4 Å². The first-order chi connectivity index (χ1) is 36.3. The molecular weight excluding hydrogens is 1000 g/mol. The van der Waals surface area contributed by atoms with E-state index in [0.717, 1.165) is 31.3 Å². The van der Waals surface area contributed by atoms with Crippen LogP contribution >= 0.6 is 0 Å². The highest BCUT2D eigenvalue weighted by Crippen LogP contribution is 2.66. The molecule has 7 N–H and O–H groups in total. The van der Waals surface area contributed by atoms with Gasteiger partial charge in [-0.1, -0.05) is 46.3 Å². The lowest BCUT2D eigenvalue weighted by Gasteiger charge is -2.58. The largest absolute Gasteiger partial charge is 0.459 e. The summed E-state index contributed by atoms with van der Waals surface area (Å²) in [6.45, 7) is 23.0. The second kappa shape index (κ2) is 24.4. The van der Waals surface area contributed by atoms with E-state index in [1.54, 1.807) is 46.8 Å². The molecule has 0 unspecified atom stereocenters. The van der Waals surface area contributed by atoms with Crippen molar-refractivity contribution in [1.29, 1.82) is 0 Å². The van der Waals surface area contributed by atoms with Gasteiger partial charge in [-0.25, -0.2) is 0 Å². The van der Waals surface area contributed by atoms with Gasteiger partial charge in [0.15, 0.2) is 18.4 Å². The highest BCUT2D eigenvalue weighted by atomic mass is 16.7. The smallest absolute Gasteiger partial charge is 0.311 e. The van der Waals surface area contributed by atoms with E-state index in [9.17, 15) is 45.0 Å². The lowest BCUT2D eigenvalue weighted by molar-refractivity contribution is -0.318. The molecule has 18 nitrogen and oxygen atoms in total. The molecule has 6 fully saturated rings. The minimum Gasteiger partial charge on any atom is -0.459 e. The van der Waals surface area contributed by atoms with Crippen LogP contribution in [0.3, 0.4) is 0 Å². The summed E-state index contributed by atoms with van der Waals surface area (Å²) in [5.74, 6) is -2.78. The van der Waals surface area contributed by atoms with Crippen LogP contribution in [0.15, 0.2) is 23.8 Å². The molecule has 0 radical (unpaired) electrons. The van der Waals surface area contributed by atoms with Crippen LogP contribution in [0.25, 0.3) is 0 Å². The van der Waals surface area contributed by atoms with Gasteiger partial charge in [0.1, 0.15) is 30.0 Å². The van der Waals surface area contributed by atoms with Crippen LogP contribution in [0.5, 0.6) is 0 Å². The van der Waals surface area contributed by atoms with Gasteiger partial charge in [0.25, 0.3) is 0 Å². The molecule has 25 atom stereocenters. The Morgan fingerprint density at radius 1 is 0.910 bits per heavy atom. The SMILES string of the molecule is CC[C@H]1OC(=O)[C@H](C)[C@@H](O[C@H]2C[C@@](C)(OC)[C@@H](O)[C@H](C)O2)[C@H](C)[C@@H](O[C@@H]2O[C@H](C)C[C@H](N(C)C)[C@H]2O)[C@](C)(O)C[C@@H](C)CN(CCCNC(=O)[C@H]2CC[C@H]3[C@@H]4CCC5=CC(=O)C=C[C@]5(C)[C@H]4[C@@H](O)C[C@]23C)[C@H](C)[C@@H](O)[C@]1(C)O. The van der Waals surface area contributed by atoms with E-state index in [0.29, 0.717) is 38.9 Å². The molecule has 1 amide bonds. The van der Waals surface area contributed by atoms with E-state index < -0.39 is 107 Å². The summed E-state index contributed by atoms with van der Waals surface area (Å²) < 4.78 is 38.4. The maximum absolute atomic E-state index is 14.7. The van der Waals surface area contributed by atoms with Gasteiger partial charge in [0, 0.05) is 68.4 Å². The Hall–Kier alpha value is -2.43. The molecule has 3 heterocycles. The fourth-order valence-electron chi connectivity index (χ4n) is 16.3. The Labute approximate surface area is 465 Å². The number of ketones is 1. The molecular formula is C60H101N3O15. The van der Waals surface area contributed by atoms with Crippen molar-refractivity contribution in [2.45, 2.75) is 244 Å². The average molecular weight is 1100 g/mol. The fourth-order valence-corrected chi connectivity index (χ4v) is 16.3. The zero-order valence-electron chi connectivity index (χ0n) is 49.7. The molecule has 0 aromatic heterocycles. The zero-order valence-corrected chi connectivity index (χ0v) is 49.7. The molecule has 4 aliphatic carbocycles. The van der Waals surface area contributed by atoms with Crippen molar-refractivity contribution in [1.82, 2.24) is 15.1 Å². The number of methoxy groups -OCH3 is 1. The molecule has 18 heteroatoms. The highest BCUT2D eigenvalue weighted by Gasteiger charge is 2.63. The number of hydrogen-bond donors (Lipinski definition) is 7. The van der Waals surface area contributed by atoms with Crippen molar-refractivity contribution in [2.75, 3.05) is 40.8 Å². The quantitative estimate of drug-likeness (QED) is 0.104. The number of aliphatic hydroxyl groups excluding tert-OH is 4. The Morgan fingerprint density at radius 2 is 1.60 bits per heavy atom. The van der Waals surface area contributed by atoms with Crippen molar-refractivity contribution in [3.63, 3.8) is 0 Å². The average Bonchev–Trinajstić information content (AvgIpc) is 3.75.